The molecule has 1 aromatic carbocycles. The zero-order valence-electron chi connectivity index (χ0n) is 21.7. The molecule has 0 saturated carbocycles. The number of ether oxygens (including phenoxy) is 3. The zero-order valence-corrected chi connectivity index (χ0v) is 22.6. The highest BCUT2D eigenvalue weighted by Crippen LogP contribution is 2.46. The van der Waals surface area contributed by atoms with Gasteiger partial charge in [-0.05, 0) is 32.9 Å². The summed E-state index contributed by atoms with van der Waals surface area (Å²) in [5.74, 6) is -1.61. The van der Waals surface area contributed by atoms with Crippen LogP contribution >= 0.6 is 7.75 Å². The first-order chi connectivity index (χ1) is 17.9. The van der Waals surface area contributed by atoms with Gasteiger partial charge in [-0.25, -0.2) is 9.36 Å². The number of esters is 2. The lowest BCUT2D eigenvalue weighted by atomic mass is 10.0. The standard InChI is InChI=1S/C24H32N3O10P/c1-14(2)34-23(30)16(4)26-38(32,37-18-9-7-6-8-10-18)33-13-19-21(35-17(5)28)15(3)22(36-19)27-12-11-20(29)25-24(27)31/h6-12,14-16,19,21-22H,13H2,1-5H3,(H,26,32)(H,25,29,31)/t15?,16-,19+,21-,22+,38?/m0/s1. The van der Waals surface area contributed by atoms with E-state index in [-0.39, 0.29) is 5.75 Å². The van der Waals surface area contributed by atoms with Crippen molar-refractivity contribution in [2.75, 3.05) is 6.61 Å². The molecule has 38 heavy (non-hydrogen) atoms. The van der Waals surface area contributed by atoms with Crippen molar-refractivity contribution in [2.24, 2.45) is 5.92 Å². The minimum absolute atomic E-state index is 0.211. The highest BCUT2D eigenvalue weighted by atomic mass is 31.2. The lowest BCUT2D eigenvalue weighted by molar-refractivity contribution is -0.152. The smallest absolute Gasteiger partial charge is 0.459 e. The molecule has 14 heteroatoms. The quantitative estimate of drug-likeness (QED) is 0.309. The van der Waals surface area contributed by atoms with Gasteiger partial charge in [0.05, 0.1) is 12.7 Å². The number of H-pyrrole nitrogens is 1. The van der Waals surface area contributed by atoms with Crippen LogP contribution < -0.4 is 20.9 Å². The second kappa shape index (κ2) is 12.5. The number of hydrogen-bond donors (Lipinski definition) is 2. The summed E-state index contributed by atoms with van der Waals surface area (Å²) >= 11 is 0. The Kier molecular flexibility index (Phi) is 9.66. The molecule has 1 saturated heterocycles. The third kappa shape index (κ3) is 7.64. The van der Waals surface area contributed by atoms with Crippen LogP contribution in [-0.4, -0.2) is 52.5 Å². The SMILES string of the molecule is CC(=O)O[C@H]1C(C)[C@H](n2ccc(=O)[nH]c2=O)O[C@@H]1COP(=O)(N[C@@H](C)C(=O)OC(C)C)Oc1ccccc1. The molecular formula is C24H32N3O10P. The van der Waals surface area contributed by atoms with E-state index in [2.05, 4.69) is 10.1 Å². The fourth-order valence-corrected chi connectivity index (χ4v) is 5.34. The van der Waals surface area contributed by atoms with Crippen molar-refractivity contribution in [3.05, 3.63) is 63.4 Å². The highest BCUT2D eigenvalue weighted by molar-refractivity contribution is 7.52. The van der Waals surface area contributed by atoms with E-state index in [4.69, 9.17) is 23.3 Å². The van der Waals surface area contributed by atoms with Crippen LogP contribution in [0.5, 0.6) is 5.75 Å². The summed E-state index contributed by atoms with van der Waals surface area (Å²) < 4.78 is 42.8. The van der Waals surface area contributed by atoms with E-state index < -0.39 is 74.0 Å². The normalized spacial score (nSPS) is 23.4. The minimum atomic E-state index is -4.22. The molecule has 2 aromatic rings. The Labute approximate surface area is 219 Å². The Hall–Kier alpha value is -3.25. The van der Waals surface area contributed by atoms with Gasteiger partial charge in [0.15, 0.2) is 0 Å². The number of nitrogens with one attached hydrogen (secondary N) is 2. The van der Waals surface area contributed by atoms with Crippen molar-refractivity contribution in [3.63, 3.8) is 0 Å². The van der Waals surface area contributed by atoms with Gasteiger partial charge in [0, 0.05) is 25.1 Å². The Morgan fingerprint density at radius 2 is 1.84 bits per heavy atom. The molecule has 2 unspecified atom stereocenters. The first kappa shape index (κ1) is 29.3. The first-order valence-corrected chi connectivity index (χ1v) is 13.5. The summed E-state index contributed by atoms with van der Waals surface area (Å²) in [5.41, 5.74) is -1.29. The number of hydrogen-bond acceptors (Lipinski definition) is 10. The molecule has 1 aromatic heterocycles. The highest BCUT2D eigenvalue weighted by Gasteiger charge is 2.47. The van der Waals surface area contributed by atoms with E-state index in [0.717, 1.165) is 10.6 Å². The fraction of sp³-hybridized carbons (Fsp3) is 0.500. The lowest BCUT2D eigenvalue weighted by Crippen LogP contribution is -2.38. The molecule has 6 atom stereocenters. The summed E-state index contributed by atoms with van der Waals surface area (Å²) in [4.78, 5) is 50.2. The van der Waals surface area contributed by atoms with Crippen molar-refractivity contribution >= 4 is 19.7 Å². The minimum Gasteiger partial charge on any atom is -0.462 e. The molecule has 208 valence electrons. The van der Waals surface area contributed by atoms with E-state index in [0.29, 0.717) is 0 Å². The summed E-state index contributed by atoms with van der Waals surface area (Å²) in [6.07, 6.45) is -1.94. The Bertz CT molecular complexity index is 1280. The number of para-hydroxylation sites is 1. The molecular weight excluding hydrogens is 521 g/mol. The van der Waals surface area contributed by atoms with Gasteiger partial charge in [0.25, 0.3) is 5.56 Å². The second-order valence-corrected chi connectivity index (χ2v) is 10.7. The van der Waals surface area contributed by atoms with E-state index in [1.54, 1.807) is 51.1 Å². The molecule has 0 spiro atoms. The zero-order chi connectivity index (χ0) is 28.0. The van der Waals surface area contributed by atoms with Crippen molar-refractivity contribution in [1.29, 1.82) is 0 Å². The van der Waals surface area contributed by atoms with Crippen LogP contribution in [0, 0.1) is 5.92 Å². The van der Waals surface area contributed by atoms with Gasteiger partial charge in [0.2, 0.25) is 0 Å². The average Bonchev–Trinajstić information content (AvgIpc) is 3.12. The van der Waals surface area contributed by atoms with Crippen molar-refractivity contribution in [3.8, 4) is 5.75 Å². The monoisotopic (exact) mass is 553 g/mol. The summed E-state index contributed by atoms with van der Waals surface area (Å²) in [5, 5.41) is 2.57. The van der Waals surface area contributed by atoms with Gasteiger partial charge in [-0.1, -0.05) is 25.1 Å². The number of aromatic nitrogens is 2. The third-order valence-corrected chi connectivity index (χ3v) is 7.15. The van der Waals surface area contributed by atoms with Crippen LogP contribution in [0.15, 0.2) is 52.2 Å². The van der Waals surface area contributed by atoms with Gasteiger partial charge in [0.1, 0.15) is 30.2 Å². The van der Waals surface area contributed by atoms with Crippen LogP contribution in [-0.2, 0) is 32.9 Å². The van der Waals surface area contributed by atoms with Gasteiger partial charge in [-0.3, -0.25) is 28.5 Å². The second-order valence-electron chi connectivity index (χ2n) is 9.05. The Morgan fingerprint density at radius 3 is 2.45 bits per heavy atom. The first-order valence-electron chi connectivity index (χ1n) is 12.0. The number of nitrogens with zero attached hydrogens (tertiary/aromatic N) is 1. The van der Waals surface area contributed by atoms with Crippen LogP contribution in [0.4, 0.5) is 0 Å². The summed E-state index contributed by atoms with van der Waals surface area (Å²) in [7, 11) is -4.22. The van der Waals surface area contributed by atoms with Gasteiger partial charge < -0.3 is 18.7 Å². The van der Waals surface area contributed by atoms with Crippen LogP contribution in [0.2, 0.25) is 0 Å². The maximum absolute atomic E-state index is 13.8. The van der Waals surface area contributed by atoms with E-state index in [1.807, 2.05) is 0 Å². The fourth-order valence-electron chi connectivity index (χ4n) is 3.84. The molecule has 1 fully saturated rings. The van der Waals surface area contributed by atoms with Crippen molar-refractivity contribution < 1.29 is 37.4 Å². The predicted octanol–water partition coefficient (Wildman–Crippen LogP) is 2.14. The Balaban J connectivity index is 1.84. The lowest BCUT2D eigenvalue weighted by Gasteiger charge is -2.26. The topological polar surface area (TPSA) is 164 Å². The van der Waals surface area contributed by atoms with Crippen molar-refractivity contribution in [1.82, 2.24) is 14.6 Å². The molecule has 0 radical (unpaired) electrons. The summed E-state index contributed by atoms with van der Waals surface area (Å²) in [6, 6.07) is 8.29. The molecule has 0 aliphatic carbocycles. The summed E-state index contributed by atoms with van der Waals surface area (Å²) in [6.45, 7) is 7.32. The van der Waals surface area contributed by atoms with Gasteiger partial charge >= 0.3 is 25.4 Å². The predicted molar refractivity (Wildman–Crippen MR) is 134 cm³/mol. The molecule has 2 heterocycles. The van der Waals surface area contributed by atoms with Crippen LogP contribution in [0.3, 0.4) is 0 Å². The molecule has 3 rings (SSSR count). The Morgan fingerprint density at radius 1 is 1.16 bits per heavy atom. The molecule has 2 N–H and O–H groups in total. The number of benzene rings is 1. The molecule has 1 aliphatic heterocycles. The molecule has 0 amide bonds. The number of carbonyl (C=O) groups is 2. The maximum Gasteiger partial charge on any atom is 0.459 e. The van der Waals surface area contributed by atoms with Crippen LogP contribution in [0.25, 0.3) is 0 Å². The largest absolute Gasteiger partial charge is 0.462 e. The van der Waals surface area contributed by atoms with E-state index in [1.165, 1.54) is 20.0 Å². The number of carbonyl (C=O) groups excluding carboxylic acids is 2. The van der Waals surface area contributed by atoms with E-state index in [9.17, 15) is 23.7 Å². The average molecular weight is 554 g/mol. The number of aromatic amines is 1. The van der Waals surface area contributed by atoms with Gasteiger partial charge in [-0.2, -0.15) is 5.09 Å². The molecule has 0 bridgehead atoms. The number of rotatable bonds is 11. The molecule has 13 nitrogen and oxygen atoms in total. The third-order valence-electron chi connectivity index (χ3n) is 5.51. The van der Waals surface area contributed by atoms with Crippen molar-refractivity contribution in [2.45, 2.75) is 65.2 Å². The maximum atomic E-state index is 13.8. The molecule has 1 aliphatic rings. The van der Waals surface area contributed by atoms with Crippen LogP contribution in [0.1, 0.15) is 40.8 Å². The van der Waals surface area contributed by atoms with Gasteiger partial charge in [-0.15, -0.1) is 0 Å². The van der Waals surface area contributed by atoms with E-state index >= 15 is 0 Å².